The molecule has 0 bridgehead atoms. The van der Waals surface area contributed by atoms with E-state index in [1.165, 1.54) is 17.0 Å². The van der Waals surface area contributed by atoms with Crippen LogP contribution in [0.5, 0.6) is 0 Å². The van der Waals surface area contributed by atoms with E-state index in [4.69, 9.17) is 11.6 Å². The molecular formula is C14H16ClFN2O3. The molecule has 0 spiro atoms. The molecule has 0 aromatic heterocycles. The molecule has 1 aromatic rings. The van der Waals surface area contributed by atoms with Crippen LogP contribution in [0.4, 0.5) is 14.9 Å². The van der Waals surface area contributed by atoms with E-state index in [9.17, 15) is 19.1 Å². The average molecular weight is 315 g/mol. The van der Waals surface area contributed by atoms with Gasteiger partial charge >= 0.3 is 12.0 Å². The number of rotatable bonds is 2. The van der Waals surface area contributed by atoms with Crippen LogP contribution in [0, 0.1) is 11.7 Å². The number of likely N-dealkylation sites (tertiary alicyclic amines) is 1. The molecule has 1 saturated heterocycles. The first-order valence-corrected chi connectivity index (χ1v) is 7.03. The maximum Gasteiger partial charge on any atom is 0.326 e. The molecule has 5 nitrogen and oxygen atoms in total. The number of hydrogen-bond acceptors (Lipinski definition) is 2. The molecule has 2 N–H and O–H groups in total. The minimum Gasteiger partial charge on any atom is -0.480 e. The lowest BCUT2D eigenvalue weighted by Gasteiger charge is -2.37. The summed E-state index contributed by atoms with van der Waals surface area (Å²) in [7, 11) is 0. The van der Waals surface area contributed by atoms with Crippen LogP contribution in [0.3, 0.4) is 0 Å². The standard InChI is InChI=1S/C14H16ClFN2O3/c1-8-3-2-6-18(12(8)13(19)20)14(21)17-11-5-4-9(15)7-10(11)16/h4-5,7-8,12H,2-3,6H2,1H3,(H,17,21)(H,19,20). The minimum atomic E-state index is -1.05. The summed E-state index contributed by atoms with van der Waals surface area (Å²) in [5.41, 5.74) is -0.0215. The van der Waals surface area contributed by atoms with Gasteiger partial charge in [-0.05, 0) is 37.0 Å². The van der Waals surface area contributed by atoms with Crippen LogP contribution in [0.25, 0.3) is 0 Å². The monoisotopic (exact) mass is 314 g/mol. The Kier molecular flexibility index (Phi) is 4.67. The van der Waals surface area contributed by atoms with Gasteiger partial charge in [-0.1, -0.05) is 18.5 Å². The first-order valence-electron chi connectivity index (χ1n) is 6.65. The zero-order chi connectivity index (χ0) is 15.6. The Balaban J connectivity index is 2.16. The van der Waals surface area contributed by atoms with E-state index in [2.05, 4.69) is 5.32 Å². The van der Waals surface area contributed by atoms with E-state index >= 15 is 0 Å². The molecule has 7 heteroatoms. The van der Waals surface area contributed by atoms with Crippen molar-refractivity contribution in [1.29, 1.82) is 0 Å². The predicted molar refractivity (Wildman–Crippen MR) is 77.0 cm³/mol. The molecule has 1 fully saturated rings. The fourth-order valence-corrected chi connectivity index (χ4v) is 2.73. The number of carbonyl (C=O) groups excluding carboxylic acids is 1. The third-order valence-corrected chi connectivity index (χ3v) is 3.85. The fraction of sp³-hybridized carbons (Fsp3) is 0.429. The van der Waals surface area contributed by atoms with Gasteiger partial charge in [-0.25, -0.2) is 14.0 Å². The number of anilines is 1. The van der Waals surface area contributed by atoms with Gasteiger partial charge in [0.2, 0.25) is 0 Å². The molecule has 1 aromatic carbocycles. The number of hydrogen-bond donors (Lipinski definition) is 2. The van der Waals surface area contributed by atoms with E-state index < -0.39 is 23.9 Å². The van der Waals surface area contributed by atoms with Crippen molar-refractivity contribution >= 4 is 29.3 Å². The van der Waals surface area contributed by atoms with Crippen molar-refractivity contribution in [1.82, 2.24) is 4.90 Å². The number of aliphatic carboxylic acids is 1. The molecule has 0 saturated carbocycles. The smallest absolute Gasteiger partial charge is 0.326 e. The Morgan fingerprint density at radius 2 is 2.19 bits per heavy atom. The zero-order valence-corrected chi connectivity index (χ0v) is 12.2. The van der Waals surface area contributed by atoms with E-state index in [1.54, 1.807) is 6.92 Å². The van der Waals surface area contributed by atoms with E-state index in [0.717, 1.165) is 18.9 Å². The van der Waals surface area contributed by atoms with Crippen LogP contribution in [0.2, 0.25) is 5.02 Å². The fourth-order valence-electron chi connectivity index (χ4n) is 2.57. The Bertz CT molecular complexity index is 567. The molecule has 1 aliphatic rings. The van der Waals surface area contributed by atoms with Gasteiger partial charge in [0, 0.05) is 11.6 Å². The maximum absolute atomic E-state index is 13.7. The highest BCUT2D eigenvalue weighted by Gasteiger charge is 2.37. The van der Waals surface area contributed by atoms with Crippen molar-refractivity contribution in [2.24, 2.45) is 5.92 Å². The van der Waals surface area contributed by atoms with Crippen LogP contribution in [0.1, 0.15) is 19.8 Å². The highest BCUT2D eigenvalue weighted by atomic mass is 35.5. The molecule has 2 rings (SSSR count). The number of nitrogens with one attached hydrogen (secondary N) is 1. The summed E-state index contributed by atoms with van der Waals surface area (Å²) in [6.07, 6.45) is 1.47. The van der Waals surface area contributed by atoms with Gasteiger partial charge < -0.3 is 15.3 Å². The van der Waals surface area contributed by atoms with Gasteiger partial charge in [0.1, 0.15) is 11.9 Å². The van der Waals surface area contributed by atoms with Crippen LogP contribution < -0.4 is 5.32 Å². The lowest BCUT2D eigenvalue weighted by Crippen LogP contribution is -2.53. The lowest BCUT2D eigenvalue weighted by atomic mass is 9.91. The number of carboxylic acids is 1. The second-order valence-corrected chi connectivity index (χ2v) is 5.59. The normalized spacial score (nSPS) is 22.0. The first-order chi connectivity index (χ1) is 9.90. The average Bonchev–Trinajstić information content (AvgIpc) is 2.41. The number of amides is 2. The van der Waals surface area contributed by atoms with E-state index in [0.29, 0.717) is 6.54 Å². The lowest BCUT2D eigenvalue weighted by molar-refractivity contribution is -0.145. The van der Waals surface area contributed by atoms with Gasteiger partial charge in [0.25, 0.3) is 0 Å². The number of benzene rings is 1. The largest absolute Gasteiger partial charge is 0.480 e. The van der Waals surface area contributed by atoms with Crippen molar-refractivity contribution in [2.75, 3.05) is 11.9 Å². The van der Waals surface area contributed by atoms with Crippen molar-refractivity contribution < 1.29 is 19.1 Å². The number of halogens is 2. The van der Waals surface area contributed by atoms with Crippen LogP contribution in [-0.4, -0.2) is 34.6 Å². The number of carboxylic acid groups (broad SMARTS) is 1. The quantitative estimate of drug-likeness (QED) is 0.880. The summed E-state index contributed by atoms with van der Waals surface area (Å²) in [4.78, 5) is 24.8. The third kappa shape index (κ3) is 3.44. The van der Waals surface area contributed by atoms with Gasteiger partial charge in [-0.15, -0.1) is 0 Å². The number of carbonyl (C=O) groups is 2. The van der Waals surface area contributed by atoms with Gasteiger partial charge in [0.05, 0.1) is 5.69 Å². The van der Waals surface area contributed by atoms with Crippen molar-refractivity contribution in [3.8, 4) is 0 Å². The summed E-state index contributed by atoms with van der Waals surface area (Å²) < 4.78 is 13.7. The molecular weight excluding hydrogens is 299 g/mol. The molecule has 114 valence electrons. The third-order valence-electron chi connectivity index (χ3n) is 3.62. The van der Waals surface area contributed by atoms with Crippen molar-refractivity contribution in [2.45, 2.75) is 25.8 Å². The zero-order valence-electron chi connectivity index (χ0n) is 11.5. The highest BCUT2D eigenvalue weighted by molar-refractivity contribution is 6.30. The number of nitrogens with zero attached hydrogens (tertiary/aromatic N) is 1. The Morgan fingerprint density at radius 1 is 1.48 bits per heavy atom. The Hall–Kier alpha value is -1.82. The van der Waals surface area contributed by atoms with Gasteiger partial charge in [0.15, 0.2) is 0 Å². The van der Waals surface area contributed by atoms with Gasteiger partial charge in [-0.2, -0.15) is 0 Å². The SMILES string of the molecule is CC1CCCN(C(=O)Nc2ccc(Cl)cc2F)C1C(=O)O. The number of urea groups is 1. The minimum absolute atomic E-state index is 0.0215. The molecule has 0 aliphatic carbocycles. The molecule has 1 aliphatic heterocycles. The summed E-state index contributed by atoms with van der Waals surface area (Å²) in [5, 5.41) is 11.9. The molecule has 0 radical (unpaired) electrons. The Morgan fingerprint density at radius 3 is 2.81 bits per heavy atom. The van der Waals surface area contributed by atoms with Crippen molar-refractivity contribution in [3.05, 3.63) is 29.0 Å². The first kappa shape index (κ1) is 15.6. The second kappa shape index (κ2) is 6.30. The molecule has 2 unspecified atom stereocenters. The summed E-state index contributed by atoms with van der Waals surface area (Å²) in [5.74, 6) is -1.85. The summed E-state index contributed by atoms with van der Waals surface area (Å²) in [6.45, 7) is 2.13. The van der Waals surface area contributed by atoms with Gasteiger partial charge in [-0.3, -0.25) is 0 Å². The van der Waals surface area contributed by atoms with E-state index in [-0.39, 0.29) is 16.6 Å². The second-order valence-electron chi connectivity index (χ2n) is 5.15. The molecule has 1 heterocycles. The van der Waals surface area contributed by atoms with Crippen LogP contribution in [-0.2, 0) is 4.79 Å². The van der Waals surface area contributed by atoms with Crippen LogP contribution in [0.15, 0.2) is 18.2 Å². The number of piperidine rings is 1. The van der Waals surface area contributed by atoms with Crippen molar-refractivity contribution in [3.63, 3.8) is 0 Å². The predicted octanol–water partition coefficient (Wildman–Crippen LogP) is 3.20. The summed E-state index contributed by atoms with van der Waals surface area (Å²) >= 11 is 5.65. The molecule has 2 atom stereocenters. The Labute approximate surface area is 126 Å². The maximum atomic E-state index is 13.7. The summed E-state index contributed by atoms with van der Waals surface area (Å²) in [6, 6.07) is 2.38. The topological polar surface area (TPSA) is 69.6 Å². The molecule has 21 heavy (non-hydrogen) atoms. The van der Waals surface area contributed by atoms with E-state index in [1.807, 2.05) is 0 Å². The van der Waals surface area contributed by atoms with Crippen LogP contribution >= 0.6 is 11.6 Å². The molecule has 2 amide bonds. The highest BCUT2D eigenvalue weighted by Crippen LogP contribution is 2.25.